The summed E-state index contributed by atoms with van der Waals surface area (Å²) in [5.41, 5.74) is 1.53. The lowest BCUT2D eigenvalue weighted by Crippen LogP contribution is -2.32. The first-order chi connectivity index (χ1) is 15.0. The van der Waals surface area contributed by atoms with Gasteiger partial charge in [-0.25, -0.2) is 9.38 Å². The third-order valence-electron chi connectivity index (χ3n) is 4.55. The van der Waals surface area contributed by atoms with Crippen molar-refractivity contribution in [1.29, 1.82) is 0 Å². The normalized spacial score (nSPS) is 11.2. The molecule has 0 bridgehead atoms. The predicted octanol–water partition coefficient (Wildman–Crippen LogP) is 4.64. The number of aliphatic imine (C=N–C) groups is 1. The third kappa shape index (κ3) is 7.77. The molecule has 3 rings (SSSR count). The number of hydrogen-bond donors (Lipinski definition) is 2. The number of rotatable bonds is 9. The largest absolute Gasteiger partial charge is 0.491 e. The number of anilines is 1. The monoisotopic (exact) mass is 552 g/mol. The molecule has 0 aliphatic heterocycles. The minimum atomic E-state index is -0.201. The van der Waals surface area contributed by atoms with E-state index in [1.807, 2.05) is 55.7 Å². The van der Waals surface area contributed by atoms with Gasteiger partial charge in [0.25, 0.3) is 0 Å². The van der Waals surface area contributed by atoms with Gasteiger partial charge in [-0.15, -0.1) is 34.2 Å². The van der Waals surface area contributed by atoms with E-state index in [-0.39, 0.29) is 35.9 Å². The molecular formula is C23H30FIN6O. The highest BCUT2D eigenvalue weighted by Crippen LogP contribution is 2.17. The van der Waals surface area contributed by atoms with E-state index in [0.29, 0.717) is 31.0 Å². The highest BCUT2D eigenvalue weighted by atomic mass is 127. The summed E-state index contributed by atoms with van der Waals surface area (Å²) in [6.45, 7) is 7.69. The zero-order chi connectivity index (χ0) is 22.1. The summed E-state index contributed by atoms with van der Waals surface area (Å²) in [6.07, 6.45) is 2.35. The molecule has 0 spiro atoms. The first-order valence-corrected chi connectivity index (χ1v) is 10.5. The molecule has 9 heteroatoms. The van der Waals surface area contributed by atoms with Crippen molar-refractivity contribution in [2.75, 3.05) is 11.9 Å². The fourth-order valence-electron chi connectivity index (χ4n) is 3.00. The van der Waals surface area contributed by atoms with Gasteiger partial charge in [0.15, 0.2) is 11.8 Å². The van der Waals surface area contributed by atoms with Gasteiger partial charge < -0.3 is 19.9 Å². The maximum atomic E-state index is 13.9. The first kappa shape index (κ1) is 25.6. The number of aryl methyl sites for hydroxylation is 1. The molecule has 0 aliphatic rings. The Kier molecular flexibility index (Phi) is 10.4. The minimum Gasteiger partial charge on any atom is -0.491 e. The summed E-state index contributed by atoms with van der Waals surface area (Å²) in [6, 6.07) is 14.5. The van der Waals surface area contributed by atoms with E-state index in [2.05, 4.69) is 25.8 Å². The Balaban J connectivity index is 0.00000363. The Morgan fingerprint density at radius 1 is 1.16 bits per heavy atom. The molecule has 2 aromatic carbocycles. The Morgan fingerprint density at radius 3 is 2.59 bits per heavy atom. The van der Waals surface area contributed by atoms with Crippen molar-refractivity contribution >= 4 is 35.6 Å². The fraction of sp³-hybridized carbons (Fsp3) is 0.348. The summed E-state index contributed by atoms with van der Waals surface area (Å²) in [5, 5.41) is 14.6. The van der Waals surface area contributed by atoms with Crippen molar-refractivity contribution in [3.63, 3.8) is 0 Å². The van der Waals surface area contributed by atoms with Crippen molar-refractivity contribution in [3.05, 3.63) is 72.1 Å². The van der Waals surface area contributed by atoms with E-state index in [9.17, 15) is 4.39 Å². The average Bonchev–Trinajstić information content (AvgIpc) is 3.22. The van der Waals surface area contributed by atoms with Gasteiger partial charge in [-0.05, 0) is 63.1 Å². The lowest BCUT2D eigenvalue weighted by Gasteiger charge is -2.14. The zero-order valence-corrected chi connectivity index (χ0v) is 20.9. The lowest BCUT2D eigenvalue weighted by molar-refractivity contribution is 0.242. The Labute approximate surface area is 205 Å². The SMILES string of the molecule is CCn1cnnc1CN=C(NCCc1ccccc1F)Nc1ccc(OC(C)C)cc1.I. The molecule has 0 fully saturated rings. The van der Waals surface area contributed by atoms with Gasteiger partial charge in [-0.1, -0.05) is 18.2 Å². The van der Waals surface area contributed by atoms with Crippen LogP contribution in [0.1, 0.15) is 32.2 Å². The van der Waals surface area contributed by atoms with Crippen LogP contribution >= 0.6 is 24.0 Å². The summed E-state index contributed by atoms with van der Waals surface area (Å²) < 4.78 is 21.5. The number of ether oxygens (including phenoxy) is 1. The van der Waals surface area contributed by atoms with Crippen LogP contribution in [0.15, 0.2) is 59.9 Å². The molecule has 0 aliphatic carbocycles. The standard InChI is InChI=1S/C23H29FN6O.HI/c1-4-30-16-27-29-22(30)15-26-23(25-14-13-18-7-5-6-8-21(18)24)28-19-9-11-20(12-10-19)31-17(2)3;/h5-12,16-17H,4,13-15H2,1-3H3,(H2,25,26,28);1H. The van der Waals surface area contributed by atoms with E-state index in [0.717, 1.165) is 23.8 Å². The second-order valence-electron chi connectivity index (χ2n) is 7.28. The number of nitrogens with zero attached hydrogens (tertiary/aromatic N) is 4. The topological polar surface area (TPSA) is 76.4 Å². The van der Waals surface area contributed by atoms with E-state index < -0.39 is 0 Å². The van der Waals surface area contributed by atoms with E-state index in [1.165, 1.54) is 6.07 Å². The molecule has 0 atom stereocenters. The second-order valence-corrected chi connectivity index (χ2v) is 7.28. The van der Waals surface area contributed by atoms with E-state index in [1.54, 1.807) is 18.5 Å². The molecule has 172 valence electrons. The highest BCUT2D eigenvalue weighted by Gasteiger charge is 2.06. The van der Waals surface area contributed by atoms with E-state index >= 15 is 0 Å². The van der Waals surface area contributed by atoms with Crippen molar-refractivity contribution in [1.82, 2.24) is 20.1 Å². The van der Waals surface area contributed by atoms with Crippen LogP contribution in [0, 0.1) is 5.82 Å². The molecule has 7 nitrogen and oxygen atoms in total. The van der Waals surface area contributed by atoms with Crippen LogP contribution in [0.3, 0.4) is 0 Å². The van der Waals surface area contributed by atoms with Crippen molar-refractivity contribution in [2.45, 2.75) is 46.4 Å². The van der Waals surface area contributed by atoms with Gasteiger partial charge in [-0.2, -0.15) is 0 Å². The molecule has 0 radical (unpaired) electrons. The number of hydrogen-bond acceptors (Lipinski definition) is 4. The molecule has 32 heavy (non-hydrogen) atoms. The van der Waals surface area contributed by atoms with Gasteiger partial charge >= 0.3 is 0 Å². The van der Waals surface area contributed by atoms with Crippen LogP contribution < -0.4 is 15.4 Å². The summed E-state index contributed by atoms with van der Waals surface area (Å²) in [5.74, 6) is 1.97. The van der Waals surface area contributed by atoms with Crippen LogP contribution in [-0.2, 0) is 19.5 Å². The maximum absolute atomic E-state index is 13.9. The smallest absolute Gasteiger partial charge is 0.196 e. The number of nitrogens with one attached hydrogen (secondary N) is 2. The predicted molar refractivity (Wildman–Crippen MR) is 136 cm³/mol. The Hall–Kier alpha value is -2.69. The van der Waals surface area contributed by atoms with Gasteiger partial charge in [-0.3, -0.25) is 0 Å². The zero-order valence-electron chi connectivity index (χ0n) is 18.6. The van der Waals surface area contributed by atoms with Crippen molar-refractivity contribution in [2.24, 2.45) is 4.99 Å². The van der Waals surface area contributed by atoms with E-state index in [4.69, 9.17) is 4.74 Å². The number of guanidine groups is 1. The van der Waals surface area contributed by atoms with Gasteiger partial charge in [0.2, 0.25) is 0 Å². The number of benzene rings is 2. The number of aromatic nitrogens is 3. The molecule has 0 unspecified atom stereocenters. The highest BCUT2D eigenvalue weighted by molar-refractivity contribution is 14.0. The molecule has 0 saturated carbocycles. The van der Waals surface area contributed by atoms with Crippen LogP contribution in [0.2, 0.25) is 0 Å². The minimum absolute atomic E-state index is 0. The molecule has 1 heterocycles. The molecule has 1 aromatic heterocycles. The molecular weight excluding hydrogens is 522 g/mol. The van der Waals surface area contributed by atoms with Crippen molar-refractivity contribution < 1.29 is 9.13 Å². The van der Waals surface area contributed by atoms with Crippen LogP contribution in [0.5, 0.6) is 5.75 Å². The Bertz CT molecular complexity index is 990. The van der Waals surface area contributed by atoms with Crippen molar-refractivity contribution in [3.8, 4) is 5.75 Å². The van der Waals surface area contributed by atoms with Gasteiger partial charge in [0.1, 0.15) is 24.4 Å². The maximum Gasteiger partial charge on any atom is 0.196 e. The van der Waals surface area contributed by atoms with Gasteiger partial charge in [0, 0.05) is 18.8 Å². The molecule has 0 saturated heterocycles. The first-order valence-electron chi connectivity index (χ1n) is 10.5. The molecule has 0 amide bonds. The van der Waals surface area contributed by atoms with Crippen LogP contribution in [0.25, 0.3) is 0 Å². The third-order valence-corrected chi connectivity index (χ3v) is 4.55. The fourth-order valence-corrected chi connectivity index (χ4v) is 3.00. The van der Waals surface area contributed by atoms with Crippen LogP contribution in [-0.4, -0.2) is 33.4 Å². The number of halogens is 2. The molecule has 3 aromatic rings. The summed E-state index contributed by atoms with van der Waals surface area (Å²) >= 11 is 0. The quantitative estimate of drug-likeness (QED) is 0.230. The lowest BCUT2D eigenvalue weighted by atomic mass is 10.1. The van der Waals surface area contributed by atoms with Crippen LogP contribution in [0.4, 0.5) is 10.1 Å². The molecule has 2 N–H and O–H groups in total. The average molecular weight is 552 g/mol. The summed E-state index contributed by atoms with van der Waals surface area (Å²) in [4.78, 5) is 4.64. The Morgan fingerprint density at radius 2 is 1.91 bits per heavy atom. The summed E-state index contributed by atoms with van der Waals surface area (Å²) in [7, 11) is 0. The second kappa shape index (κ2) is 13.0. The van der Waals surface area contributed by atoms with Gasteiger partial charge in [0.05, 0.1) is 6.10 Å².